The van der Waals surface area contributed by atoms with Crippen molar-refractivity contribution >= 4 is 0 Å². The van der Waals surface area contributed by atoms with Gasteiger partial charge in [0.2, 0.25) is 5.69 Å². The Balaban J connectivity index is 1.65. The second-order valence-corrected chi connectivity index (χ2v) is 8.52. The molecule has 0 saturated heterocycles. The molecule has 2 aromatic carbocycles. The average molecular weight is 378 g/mol. The van der Waals surface area contributed by atoms with Crippen LogP contribution < -0.4 is 4.57 Å². The van der Waals surface area contributed by atoms with Crippen molar-refractivity contribution in [1.82, 2.24) is 4.98 Å². The first-order valence-corrected chi connectivity index (χ1v) is 10.1. The molecule has 0 bridgehead atoms. The van der Waals surface area contributed by atoms with Crippen LogP contribution in [0.5, 0.6) is 0 Å². The Morgan fingerprint density at radius 3 is 2.34 bits per heavy atom. The van der Waals surface area contributed by atoms with E-state index >= 15 is 0 Å². The largest absolute Gasteiger partial charge is 0.260 e. The molecule has 0 aliphatic heterocycles. The monoisotopic (exact) mass is 377 g/mol. The van der Waals surface area contributed by atoms with Crippen LogP contribution in [0.2, 0.25) is 0 Å². The summed E-state index contributed by atoms with van der Waals surface area (Å²) in [7, 11) is 2.13. The standard InChI is InChI=1S/C27H25N2/c1-18-15-23-21-11-8-14-28-26(21)27(2,3)24(23)16-22(18)25-13-12-20(17-29(25)4)19-9-6-5-7-10-19/h5-17H,1-4H3/q+1. The van der Waals surface area contributed by atoms with Crippen LogP contribution in [-0.2, 0) is 12.5 Å². The van der Waals surface area contributed by atoms with Gasteiger partial charge in [0.15, 0.2) is 6.20 Å². The van der Waals surface area contributed by atoms with Crippen molar-refractivity contribution in [2.24, 2.45) is 7.05 Å². The van der Waals surface area contributed by atoms with Crippen molar-refractivity contribution in [2.75, 3.05) is 0 Å². The van der Waals surface area contributed by atoms with Crippen LogP contribution in [0.4, 0.5) is 0 Å². The molecule has 2 nitrogen and oxygen atoms in total. The second-order valence-electron chi connectivity index (χ2n) is 8.52. The minimum atomic E-state index is -0.0864. The van der Waals surface area contributed by atoms with Crippen LogP contribution in [0.1, 0.15) is 30.7 Å². The van der Waals surface area contributed by atoms with Gasteiger partial charge in [-0.2, -0.15) is 0 Å². The molecule has 1 aliphatic carbocycles. The third-order valence-corrected chi connectivity index (χ3v) is 6.24. The maximum absolute atomic E-state index is 4.72. The normalized spacial score (nSPS) is 13.8. The molecule has 0 amide bonds. The first kappa shape index (κ1) is 17.8. The lowest BCUT2D eigenvalue weighted by atomic mass is 9.83. The van der Waals surface area contributed by atoms with Gasteiger partial charge in [-0.1, -0.05) is 56.3 Å². The first-order chi connectivity index (χ1) is 14.0. The molecule has 2 heteroatoms. The fourth-order valence-corrected chi connectivity index (χ4v) is 4.66. The molecule has 4 aromatic rings. The smallest absolute Gasteiger partial charge is 0.212 e. The summed E-state index contributed by atoms with van der Waals surface area (Å²) in [5.74, 6) is 0. The highest BCUT2D eigenvalue weighted by Crippen LogP contribution is 2.49. The Kier molecular flexibility index (Phi) is 3.92. The zero-order chi connectivity index (χ0) is 20.2. The minimum absolute atomic E-state index is 0.0864. The summed E-state index contributed by atoms with van der Waals surface area (Å²) in [6.45, 7) is 6.77. The molecular weight excluding hydrogens is 352 g/mol. The fraction of sp³-hybridized carbons (Fsp3) is 0.185. The van der Waals surface area contributed by atoms with E-state index in [2.05, 4.69) is 99.2 Å². The number of pyridine rings is 2. The van der Waals surface area contributed by atoms with E-state index in [4.69, 9.17) is 4.98 Å². The molecule has 0 unspecified atom stereocenters. The second kappa shape index (κ2) is 6.38. The lowest BCUT2D eigenvalue weighted by molar-refractivity contribution is -0.659. The fourth-order valence-electron chi connectivity index (χ4n) is 4.66. The van der Waals surface area contributed by atoms with Gasteiger partial charge in [-0.15, -0.1) is 0 Å². The average Bonchev–Trinajstić information content (AvgIpc) is 2.95. The van der Waals surface area contributed by atoms with Crippen LogP contribution >= 0.6 is 0 Å². The number of aryl methyl sites for hydroxylation is 2. The summed E-state index contributed by atoms with van der Waals surface area (Å²) in [5, 5.41) is 0. The topological polar surface area (TPSA) is 16.8 Å². The van der Waals surface area contributed by atoms with E-state index < -0.39 is 0 Å². The Morgan fingerprint density at radius 2 is 1.59 bits per heavy atom. The molecule has 29 heavy (non-hydrogen) atoms. The third kappa shape index (κ3) is 2.71. The summed E-state index contributed by atoms with van der Waals surface area (Å²) in [6.07, 6.45) is 4.13. The van der Waals surface area contributed by atoms with Crippen LogP contribution in [0.25, 0.3) is 33.5 Å². The van der Waals surface area contributed by atoms with Gasteiger partial charge in [-0.3, -0.25) is 4.98 Å². The molecule has 0 N–H and O–H groups in total. The Hall–Kier alpha value is -3.26. The van der Waals surface area contributed by atoms with E-state index in [1.807, 2.05) is 12.3 Å². The van der Waals surface area contributed by atoms with Crippen molar-refractivity contribution in [3.05, 3.63) is 95.9 Å². The van der Waals surface area contributed by atoms with Gasteiger partial charge in [0.25, 0.3) is 0 Å². The molecule has 0 radical (unpaired) electrons. The highest BCUT2D eigenvalue weighted by molar-refractivity contribution is 5.83. The van der Waals surface area contributed by atoms with Gasteiger partial charge in [0.1, 0.15) is 7.05 Å². The third-order valence-electron chi connectivity index (χ3n) is 6.24. The van der Waals surface area contributed by atoms with E-state index in [-0.39, 0.29) is 5.41 Å². The number of nitrogens with zero attached hydrogens (tertiary/aromatic N) is 2. The molecule has 1 aliphatic rings. The summed E-state index contributed by atoms with van der Waals surface area (Å²) < 4.78 is 2.24. The summed E-state index contributed by atoms with van der Waals surface area (Å²) >= 11 is 0. The number of benzene rings is 2. The van der Waals surface area contributed by atoms with Gasteiger partial charge in [0, 0.05) is 34.4 Å². The quantitative estimate of drug-likeness (QED) is 0.400. The highest BCUT2D eigenvalue weighted by atomic mass is 14.9. The SMILES string of the molecule is Cc1cc2c(cc1-c1ccc(-c3ccccc3)c[n+]1C)C(C)(C)c1ncccc1-2. The predicted octanol–water partition coefficient (Wildman–Crippen LogP) is 5.85. The zero-order valence-electron chi connectivity index (χ0n) is 17.4. The van der Waals surface area contributed by atoms with Crippen molar-refractivity contribution in [2.45, 2.75) is 26.2 Å². The Labute approximate surface area is 172 Å². The maximum atomic E-state index is 4.72. The molecule has 5 rings (SSSR count). The first-order valence-electron chi connectivity index (χ1n) is 10.1. The minimum Gasteiger partial charge on any atom is -0.260 e. The Bertz CT molecular complexity index is 1240. The molecular formula is C27H25N2+. The maximum Gasteiger partial charge on any atom is 0.212 e. The zero-order valence-corrected chi connectivity index (χ0v) is 17.4. The van der Waals surface area contributed by atoms with E-state index in [1.165, 1.54) is 50.3 Å². The lowest BCUT2D eigenvalue weighted by Gasteiger charge is -2.21. The van der Waals surface area contributed by atoms with E-state index in [9.17, 15) is 0 Å². The molecule has 142 valence electrons. The van der Waals surface area contributed by atoms with Crippen molar-refractivity contribution in [3.8, 4) is 33.5 Å². The number of rotatable bonds is 2. The van der Waals surface area contributed by atoms with E-state index in [1.54, 1.807) is 0 Å². The van der Waals surface area contributed by atoms with Crippen LogP contribution in [0.15, 0.2) is 79.1 Å². The van der Waals surface area contributed by atoms with E-state index in [0.29, 0.717) is 0 Å². The molecule has 2 aromatic heterocycles. The molecule has 0 fully saturated rings. The van der Waals surface area contributed by atoms with Gasteiger partial charge >= 0.3 is 0 Å². The lowest BCUT2D eigenvalue weighted by Crippen LogP contribution is -2.31. The predicted molar refractivity (Wildman–Crippen MR) is 119 cm³/mol. The number of fused-ring (bicyclic) bond motifs is 3. The van der Waals surface area contributed by atoms with E-state index in [0.717, 1.165) is 0 Å². The molecule has 0 atom stereocenters. The van der Waals surface area contributed by atoms with Gasteiger partial charge in [-0.05, 0) is 47.4 Å². The van der Waals surface area contributed by atoms with Crippen LogP contribution in [-0.4, -0.2) is 4.98 Å². The molecule has 0 saturated carbocycles. The number of aromatic nitrogens is 2. The van der Waals surface area contributed by atoms with Crippen molar-refractivity contribution in [1.29, 1.82) is 0 Å². The summed E-state index contributed by atoms with van der Waals surface area (Å²) in [6, 6.07) is 24.0. The summed E-state index contributed by atoms with van der Waals surface area (Å²) in [4.78, 5) is 4.72. The number of hydrogen-bond acceptors (Lipinski definition) is 1. The molecule has 0 spiro atoms. The van der Waals surface area contributed by atoms with Crippen molar-refractivity contribution in [3.63, 3.8) is 0 Å². The van der Waals surface area contributed by atoms with Gasteiger partial charge in [-0.25, -0.2) is 4.57 Å². The van der Waals surface area contributed by atoms with Crippen LogP contribution in [0.3, 0.4) is 0 Å². The van der Waals surface area contributed by atoms with Crippen molar-refractivity contribution < 1.29 is 4.57 Å². The number of hydrogen-bond donors (Lipinski definition) is 0. The highest BCUT2D eigenvalue weighted by Gasteiger charge is 2.37. The van der Waals surface area contributed by atoms with Gasteiger partial charge in [0.05, 0.1) is 5.69 Å². The molecule has 2 heterocycles. The Morgan fingerprint density at radius 1 is 0.793 bits per heavy atom. The van der Waals surface area contributed by atoms with Crippen LogP contribution in [0, 0.1) is 6.92 Å². The summed E-state index contributed by atoms with van der Waals surface area (Å²) in [5.41, 5.74) is 11.3. The van der Waals surface area contributed by atoms with Gasteiger partial charge < -0.3 is 0 Å².